The van der Waals surface area contributed by atoms with Crippen LogP contribution in [-0.4, -0.2) is 72.7 Å². The summed E-state index contributed by atoms with van der Waals surface area (Å²) >= 11 is 0. The van der Waals surface area contributed by atoms with Crippen molar-refractivity contribution in [3.05, 3.63) is 101 Å². The molecule has 4 rings (SSSR count). The molecule has 0 saturated carbocycles. The number of aromatic nitrogens is 1. The zero-order valence-corrected chi connectivity index (χ0v) is 30.0. The van der Waals surface area contributed by atoms with E-state index in [0.717, 1.165) is 47.5 Å². The van der Waals surface area contributed by atoms with Gasteiger partial charge in [-0.1, -0.05) is 70.2 Å². The van der Waals surface area contributed by atoms with Gasteiger partial charge in [-0.25, -0.2) is 0 Å². The number of phenols is 1. The molecule has 1 aromatic heterocycles. The quantitative estimate of drug-likeness (QED) is 0.101. The number of hydrogen-bond donors (Lipinski definition) is 2. The number of benzene rings is 2. The summed E-state index contributed by atoms with van der Waals surface area (Å²) < 4.78 is 22.6. The Morgan fingerprint density at radius 3 is 2.28 bits per heavy atom. The highest BCUT2D eigenvalue weighted by atomic mass is 16.6. The Bertz CT molecular complexity index is 1550. The normalized spacial score (nSPS) is 13.4. The van der Waals surface area contributed by atoms with Crippen molar-refractivity contribution in [1.29, 1.82) is 0 Å². The molecule has 1 aliphatic carbocycles. The molecule has 10 nitrogen and oxygen atoms in total. The van der Waals surface area contributed by atoms with Crippen LogP contribution in [0, 0.1) is 5.92 Å². The Morgan fingerprint density at radius 1 is 0.980 bits per heavy atom. The van der Waals surface area contributed by atoms with Gasteiger partial charge in [0.05, 0.1) is 13.2 Å². The second-order valence-electron chi connectivity index (χ2n) is 12.4. The van der Waals surface area contributed by atoms with Crippen molar-refractivity contribution in [3.8, 4) is 17.4 Å². The number of likely N-dealkylation sites (N-methyl/N-ethyl adjacent to an activating group) is 1. The summed E-state index contributed by atoms with van der Waals surface area (Å²) in [6.45, 7) is 10.5. The van der Waals surface area contributed by atoms with Crippen LogP contribution in [0.2, 0.25) is 0 Å². The van der Waals surface area contributed by atoms with E-state index in [2.05, 4.69) is 63.2 Å². The van der Waals surface area contributed by atoms with Gasteiger partial charge in [-0.3, -0.25) is 9.59 Å². The van der Waals surface area contributed by atoms with Gasteiger partial charge in [-0.05, 0) is 88.9 Å². The maximum absolute atomic E-state index is 12.6. The number of amides is 1. The topological polar surface area (TPSA) is 132 Å². The monoisotopic (exact) mass is 688 g/mol. The van der Waals surface area contributed by atoms with Crippen LogP contribution in [0.5, 0.6) is 17.4 Å². The number of allylic oxidation sites excluding steroid dienone is 5. The minimum Gasteiger partial charge on any atom is -0.508 e. The second-order valence-corrected chi connectivity index (χ2v) is 12.4. The van der Waals surface area contributed by atoms with E-state index in [9.17, 15) is 9.90 Å². The molecule has 0 radical (unpaired) electrons. The van der Waals surface area contributed by atoms with Crippen LogP contribution in [0.1, 0.15) is 82.6 Å². The van der Waals surface area contributed by atoms with Crippen molar-refractivity contribution in [3.63, 3.8) is 0 Å². The predicted octanol–water partition coefficient (Wildman–Crippen LogP) is 8.04. The van der Waals surface area contributed by atoms with Gasteiger partial charge in [0.25, 0.3) is 12.4 Å². The molecule has 1 unspecified atom stereocenters. The summed E-state index contributed by atoms with van der Waals surface area (Å²) in [5.41, 5.74) is 5.83. The molecule has 0 fully saturated rings. The molecule has 3 aromatic rings. The van der Waals surface area contributed by atoms with Crippen molar-refractivity contribution in [2.45, 2.75) is 65.7 Å². The van der Waals surface area contributed by atoms with Crippen molar-refractivity contribution in [1.82, 2.24) is 10.1 Å². The third-order valence-corrected chi connectivity index (χ3v) is 8.53. The van der Waals surface area contributed by atoms with Gasteiger partial charge in [-0.15, -0.1) is 0 Å². The number of nitrogens with zero attached hydrogens (tertiary/aromatic N) is 2. The Morgan fingerprint density at radius 2 is 1.66 bits per heavy atom. The molecule has 0 saturated heterocycles. The molecule has 270 valence electrons. The summed E-state index contributed by atoms with van der Waals surface area (Å²) in [6.07, 6.45) is 10.8. The van der Waals surface area contributed by atoms with Crippen LogP contribution in [0.15, 0.2) is 88.5 Å². The number of aromatic hydroxyl groups is 1. The van der Waals surface area contributed by atoms with Crippen LogP contribution < -0.4 is 9.47 Å². The smallest absolute Gasteiger partial charge is 0.290 e. The molecular weight excluding hydrogens is 636 g/mol. The average Bonchev–Trinajstić information content (AvgIpc) is 3.60. The largest absolute Gasteiger partial charge is 0.508 e. The molecule has 1 aliphatic rings. The summed E-state index contributed by atoms with van der Waals surface area (Å²) in [5.74, 6) is 3.09. The first-order chi connectivity index (χ1) is 24.2. The van der Waals surface area contributed by atoms with E-state index in [0.29, 0.717) is 57.6 Å². The third-order valence-electron chi connectivity index (χ3n) is 8.53. The molecule has 1 amide bonds. The lowest BCUT2D eigenvalue weighted by atomic mass is 9.86. The molecule has 0 spiro atoms. The fourth-order valence-corrected chi connectivity index (χ4v) is 5.36. The van der Waals surface area contributed by atoms with Crippen molar-refractivity contribution < 1.29 is 38.5 Å². The van der Waals surface area contributed by atoms with E-state index in [1.54, 1.807) is 24.1 Å². The first kappa shape index (κ1) is 39.6. The lowest BCUT2D eigenvalue weighted by molar-refractivity contribution is -0.130. The number of hydrogen-bond acceptors (Lipinski definition) is 8. The van der Waals surface area contributed by atoms with Crippen LogP contribution >= 0.6 is 0 Å². The van der Waals surface area contributed by atoms with E-state index in [-0.39, 0.29) is 24.0 Å². The number of ether oxygens (including phenoxy) is 3. The number of carbonyl (C=O) groups excluding carboxylic acids is 1. The summed E-state index contributed by atoms with van der Waals surface area (Å²) in [7, 11) is 1.80. The maximum atomic E-state index is 12.6. The molecule has 1 heterocycles. The van der Waals surface area contributed by atoms with Gasteiger partial charge in [-0.2, -0.15) is 0 Å². The van der Waals surface area contributed by atoms with Gasteiger partial charge in [0, 0.05) is 32.1 Å². The fourth-order valence-electron chi connectivity index (χ4n) is 5.36. The van der Waals surface area contributed by atoms with Crippen LogP contribution in [0.4, 0.5) is 0 Å². The third kappa shape index (κ3) is 12.6. The van der Waals surface area contributed by atoms with E-state index < -0.39 is 0 Å². The minimum absolute atomic E-state index is 0.0556. The van der Waals surface area contributed by atoms with Crippen LogP contribution in [0.3, 0.4) is 0 Å². The Labute approximate surface area is 296 Å². The van der Waals surface area contributed by atoms with Crippen molar-refractivity contribution in [2.24, 2.45) is 5.92 Å². The van der Waals surface area contributed by atoms with Crippen LogP contribution in [0.25, 0.3) is 5.57 Å². The fraction of sp³-hybridized carbons (Fsp3) is 0.425. The van der Waals surface area contributed by atoms with Gasteiger partial charge < -0.3 is 33.8 Å². The average molecular weight is 689 g/mol. The van der Waals surface area contributed by atoms with E-state index in [1.807, 2.05) is 30.3 Å². The Hall–Kier alpha value is -4.83. The number of carbonyl (C=O) groups is 2. The Kier molecular flexibility index (Phi) is 16.9. The summed E-state index contributed by atoms with van der Waals surface area (Å²) in [4.78, 5) is 22.7. The first-order valence-electron chi connectivity index (χ1n) is 17.3. The van der Waals surface area contributed by atoms with Crippen LogP contribution in [-0.2, 0) is 14.3 Å². The van der Waals surface area contributed by atoms with E-state index >= 15 is 0 Å². The molecule has 0 bridgehead atoms. The SMILES string of the molecule is CC/C(C1=CCCC=C1)=C(\c1ccc(O)cc1)c1ccc(OCCN(C)C(=O)CCCOCCOc2cc(C(C)C(C)C)on2)cc1.O=CO. The van der Waals surface area contributed by atoms with E-state index in [4.69, 9.17) is 28.6 Å². The predicted molar refractivity (Wildman–Crippen MR) is 194 cm³/mol. The number of carboxylic acid groups (broad SMARTS) is 1. The standard InChI is InChI=1S/C39H50N2O6.CH2O2/c1-6-35(30-11-8-7-9-12-30)39(31-14-18-33(42)19-15-31)32-16-20-34(21-17-32)45-24-22-41(5)38(43)13-10-23-44-25-26-46-37-27-36(47-40-37)29(4)28(2)3;2-1-3/h8,11-12,14-21,27-29,42H,6-7,9-10,13,22-26H2,1-5H3;1H,(H,2,3)/b39-35-;. The van der Waals surface area contributed by atoms with Gasteiger partial charge >= 0.3 is 0 Å². The molecule has 2 N–H and O–H groups in total. The number of rotatable bonds is 18. The molecule has 0 aliphatic heterocycles. The number of phenolic OH excluding ortho intramolecular Hbond substituents is 1. The van der Waals surface area contributed by atoms with Gasteiger partial charge in [0.1, 0.15) is 30.5 Å². The molecule has 2 aromatic carbocycles. The zero-order valence-electron chi connectivity index (χ0n) is 30.0. The summed E-state index contributed by atoms with van der Waals surface area (Å²) in [6, 6.07) is 17.3. The Balaban J connectivity index is 0.00000217. The van der Waals surface area contributed by atoms with Crippen molar-refractivity contribution >= 4 is 18.0 Å². The highest BCUT2D eigenvalue weighted by Crippen LogP contribution is 2.35. The molecule has 1 atom stereocenters. The molecular formula is C40H52N2O8. The van der Waals surface area contributed by atoms with Gasteiger partial charge in [0.2, 0.25) is 5.91 Å². The van der Waals surface area contributed by atoms with E-state index in [1.165, 1.54) is 11.1 Å². The highest BCUT2D eigenvalue weighted by Gasteiger charge is 2.17. The highest BCUT2D eigenvalue weighted by molar-refractivity contribution is 5.85. The minimum atomic E-state index is -0.250. The first-order valence-corrected chi connectivity index (χ1v) is 17.3. The lowest BCUT2D eigenvalue weighted by Crippen LogP contribution is -2.30. The zero-order chi connectivity index (χ0) is 36.3. The second kappa shape index (κ2) is 21.3. The molecule has 50 heavy (non-hydrogen) atoms. The lowest BCUT2D eigenvalue weighted by Gasteiger charge is -2.19. The summed E-state index contributed by atoms with van der Waals surface area (Å²) in [5, 5.41) is 20.7. The van der Waals surface area contributed by atoms with Gasteiger partial charge in [0.15, 0.2) is 0 Å². The van der Waals surface area contributed by atoms with Crippen molar-refractivity contribution in [2.75, 3.05) is 40.0 Å². The maximum Gasteiger partial charge on any atom is 0.290 e. The molecule has 10 heteroatoms.